The maximum absolute atomic E-state index is 12.2. The van der Waals surface area contributed by atoms with Gasteiger partial charge in [-0.05, 0) is 24.7 Å². The maximum atomic E-state index is 12.2. The standard InChI is InChI=1S/C16H28O2/c1-14(2,3)11-15(4,5)12-10-16(13(17)18-12)8-6-7-9-16/h12H,6-11H2,1-5H3. The van der Waals surface area contributed by atoms with E-state index in [0.717, 1.165) is 25.7 Å². The highest BCUT2D eigenvalue weighted by molar-refractivity contribution is 5.79. The predicted octanol–water partition coefficient (Wildman–Crippen LogP) is 4.32. The predicted molar refractivity (Wildman–Crippen MR) is 73.3 cm³/mol. The average Bonchev–Trinajstić information content (AvgIpc) is 2.73. The Morgan fingerprint density at radius 2 is 1.72 bits per heavy atom. The Labute approximate surface area is 111 Å². The van der Waals surface area contributed by atoms with Crippen molar-refractivity contribution in [3.8, 4) is 0 Å². The number of rotatable bonds is 2. The fraction of sp³-hybridized carbons (Fsp3) is 0.938. The SMILES string of the molecule is CC(C)(C)CC(C)(C)C1CC2(CCCC2)C(=O)O1. The van der Waals surface area contributed by atoms with Gasteiger partial charge in [-0.15, -0.1) is 0 Å². The Kier molecular flexibility index (Phi) is 3.28. The summed E-state index contributed by atoms with van der Waals surface area (Å²) in [5.41, 5.74) is 0.251. The smallest absolute Gasteiger partial charge is 0.312 e. The van der Waals surface area contributed by atoms with Crippen molar-refractivity contribution in [1.29, 1.82) is 0 Å². The van der Waals surface area contributed by atoms with Crippen molar-refractivity contribution in [2.24, 2.45) is 16.2 Å². The Bertz CT molecular complexity index is 329. The van der Waals surface area contributed by atoms with E-state index in [1.165, 1.54) is 12.8 Å². The molecule has 1 heterocycles. The minimum Gasteiger partial charge on any atom is -0.461 e. The highest BCUT2D eigenvalue weighted by Gasteiger charge is 2.54. The monoisotopic (exact) mass is 252 g/mol. The van der Waals surface area contributed by atoms with Crippen LogP contribution in [0.2, 0.25) is 0 Å². The highest BCUT2D eigenvalue weighted by Crippen LogP contribution is 2.52. The van der Waals surface area contributed by atoms with Gasteiger partial charge in [-0.2, -0.15) is 0 Å². The number of hydrogen-bond donors (Lipinski definition) is 0. The van der Waals surface area contributed by atoms with Gasteiger partial charge >= 0.3 is 5.97 Å². The van der Waals surface area contributed by atoms with Crippen LogP contribution in [0.3, 0.4) is 0 Å². The fourth-order valence-electron chi connectivity index (χ4n) is 4.11. The number of carbonyl (C=O) groups excluding carboxylic acids is 1. The van der Waals surface area contributed by atoms with Crippen LogP contribution in [0.1, 0.15) is 73.1 Å². The van der Waals surface area contributed by atoms with Crippen LogP contribution in [-0.4, -0.2) is 12.1 Å². The summed E-state index contributed by atoms with van der Waals surface area (Å²) in [7, 11) is 0. The molecule has 0 radical (unpaired) electrons. The van der Waals surface area contributed by atoms with Crippen molar-refractivity contribution in [3.63, 3.8) is 0 Å². The van der Waals surface area contributed by atoms with Crippen molar-refractivity contribution in [2.75, 3.05) is 0 Å². The summed E-state index contributed by atoms with van der Waals surface area (Å²) < 4.78 is 5.77. The summed E-state index contributed by atoms with van der Waals surface area (Å²) in [5, 5.41) is 0. The number of esters is 1. The molecule has 18 heavy (non-hydrogen) atoms. The number of carbonyl (C=O) groups is 1. The maximum Gasteiger partial charge on any atom is 0.312 e. The van der Waals surface area contributed by atoms with E-state index in [1.807, 2.05) is 0 Å². The molecule has 1 unspecified atom stereocenters. The first-order chi connectivity index (χ1) is 8.15. The minimum atomic E-state index is -0.111. The third-order valence-electron chi connectivity index (χ3n) is 4.68. The second-order valence-electron chi connectivity index (χ2n) is 8.31. The van der Waals surface area contributed by atoms with E-state index >= 15 is 0 Å². The molecular weight excluding hydrogens is 224 g/mol. The van der Waals surface area contributed by atoms with Gasteiger partial charge in [-0.3, -0.25) is 4.79 Å². The molecule has 1 saturated heterocycles. The zero-order valence-electron chi connectivity index (χ0n) is 12.6. The van der Waals surface area contributed by atoms with Crippen LogP contribution < -0.4 is 0 Å². The Morgan fingerprint density at radius 1 is 1.17 bits per heavy atom. The Hall–Kier alpha value is -0.530. The molecule has 2 rings (SSSR count). The molecule has 2 heteroatoms. The molecular formula is C16H28O2. The minimum absolute atomic E-state index is 0.0833. The van der Waals surface area contributed by atoms with Gasteiger partial charge in [0.15, 0.2) is 0 Å². The van der Waals surface area contributed by atoms with E-state index in [4.69, 9.17) is 4.74 Å². The molecule has 104 valence electrons. The molecule has 1 saturated carbocycles. The van der Waals surface area contributed by atoms with Gasteiger partial charge < -0.3 is 4.74 Å². The first-order valence-corrected chi connectivity index (χ1v) is 7.36. The molecule has 1 aliphatic heterocycles. The second kappa shape index (κ2) is 4.25. The Balaban J connectivity index is 2.09. The van der Waals surface area contributed by atoms with Crippen molar-refractivity contribution >= 4 is 5.97 Å². The number of ether oxygens (including phenoxy) is 1. The Morgan fingerprint density at radius 3 is 2.22 bits per heavy atom. The van der Waals surface area contributed by atoms with Crippen molar-refractivity contribution < 1.29 is 9.53 Å². The lowest BCUT2D eigenvalue weighted by atomic mass is 9.69. The molecule has 2 nitrogen and oxygen atoms in total. The van der Waals surface area contributed by atoms with E-state index in [2.05, 4.69) is 34.6 Å². The van der Waals surface area contributed by atoms with Crippen LogP contribution in [0.15, 0.2) is 0 Å². The molecule has 0 aromatic heterocycles. The molecule has 0 N–H and O–H groups in total. The summed E-state index contributed by atoms with van der Waals surface area (Å²) in [6, 6.07) is 0. The van der Waals surface area contributed by atoms with Gasteiger partial charge in [-0.25, -0.2) is 0 Å². The fourth-order valence-corrected chi connectivity index (χ4v) is 4.11. The van der Waals surface area contributed by atoms with Crippen LogP contribution in [0, 0.1) is 16.2 Å². The van der Waals surface area contributed by atoms with E-state index in [0.29, 0.717) is 0 Å². The lowest BCUT2D eigenvalue weighted by molar-refractivity contribution is -0.152. The van der Waals surface area contributed by atoms with E-state index in [1.54, 1.807) is 0 Å². The molecule has 1 spiro atoms. The van der Waals surface area contributed by atoms with E-state index < -0.39 is 0 Å². The van der Waals surface area contributed by atoms with E-state index in [9.17, 15) is 4.79 Å². The summed E-state index contributed by atoms with van der Waals surface area (Å²) in [5.74, 6) is 0.0898. The van der Waals surface area contributed by atoms with E-state index in [-0.39, 0.29) is 28.3 Å². The van der Waals surface area contributed by atoms with Crippen molar-refractivity contribution in [1.82, 2.24) is 0 Å². The summed E-state index contributed by atoms with van der Waals surface area (Å²) in [6.45, 7) is 11.3. The first kappa shape index (κ1) is 13.9. The quantitative estimate of drug-likeness (QED) is 0.684. The first-order valence-electron chi connectivity index (χ1n) is 7.36. The van der Waals surface area contributed by atoms with Gasteiger partial charge in [0, 0.05) is 11.8 Å². The molecule has 2 aliphatic rings. The topological polar surface area (TPSA) is 26.3 Å². The molecule has 0 aromatic rings. The lowest BCUT2D eigenvalue weighted by Gasteiger charge is -2.36. The number of cyclic esters (lactones) is 1. The van der Waals surface area contributed by atoms with Gasteiger partial charge in [0.1, 0.15) is 6.10 Å². The second-order valence-corrected chi connectivity index (χ2v) is 8.31. The van der Waals surface area contributed by atoms with Crippen molar-refractivity contribution in [3.05, 3.63) is 0 Å². The molecule has 0 bridgehead atoms. The van der Waals surface area contributed by atoms with Crippen LogP contribution in [0.25, 0.3) is 0 Å². The van der Waals surface area contributed by atoms with Gasteiger partial charge in [0.2, 0.25) is 0 Å². The molecule has 0 amide bonds. The van der Waals surface area contributed by atoms with Crippen molar-refractivity contribution in [2.45, 2.75) is 79.2 Å². The largest absolute Gasteiger partial charge is 0.461 e. The van der Waals surface area contributed by atoms with Gasteiger partial charge in [0.05, 0.1) is 5.41 Å². The average molecular weight is 252 g/mol. The highest BCUT2D eigenvalue weighted by atomic mass is 16.6. The van der Waals surface area contributed by atoms with Crippen LogP contribution in [0.5, 0.6) is 0 Å². The van der Waals surface area contributed by atoms with Crippen LogP contribution in [0.4, 0.5) is 0 Å². The third kappa shape index (κ3) is 2.57. The normalized spacial score (nSPS) is 27.8. The summed E-state index contributed by atoms with van der Waals surface area (Å²) in [4.78, 5) is 12.2. The van der Waals surface area contributed by atoms with Crippen LogP contribution >= 0.6 is 0 Å². The number of hydrogen-bond acceptors (Lipinski definition) is 2. The molecule has 0 aromatic carbocycles. The molecule has 1 aliphatic carbocycles. The zero-order valence-corrected chi connectivity index (χ0v) is 12.6. The third-order valence-corrected chi connectivity index (χ3v) is 4.68. The zero-order chi connectivity index (χ0) is 13.6. The summed E-state index contributed by atoms with van der Waals surface area (Å²) >= 11 is 0. The van der Waals surface area contributed by atoms with Gasteiger partial charge in [-0.1, -0.05) is 47.5 Å². The van der Waals surface area contributed by atoms with Crippen LogP contribution in [-0.2, 0) is 9.53 Å². The summed E-state index contributed by atoms with van der Waals surface area (Å²) in [6.07, 6.45) is 6.65. The van der Waals surface area contributed by atoms with Gasteiger partial charge in [0.25, 0.3) is 0 Å². The molecule has 1 atom stereocenters. The molecule has 2 fully saturated rings. The lowest BCUT2D eigenvalue weighted by Crippen LogP contribution is -2.33.